The minimum Gasteiger partial charge on any atom is -0.381 e. The SMILES string of the molecule is CC1Sc2ccc(C(=O)Nc3cccc(CNc4cccc(S(=O)(=O)F)c4)c3)cc2NC2OC21. The number of hydrogen-bond donors (Lipinski definition) is 3. The third kappa shape index (κ3) is 5.03. The van der Waals surface area contributed by atoms with Crippen molar-refractivity contribution in [3.05, 3.63) is 77.9 Å². The van der Waals surface area contributed by atoms with Gasteiger partial charge in [0.15, 0.2) is 6.23 Å². The lowest BCUT2D eigenvalue weighted by molar-refractivity contribution is 0.102. The first kappa shape index (κ1) is 22.7. The summed E-state index contributed by atoms with van der Waals surface area (Å²) in [5.74, 6) is -0.230. The van der Waals surface area contributed by atoms with Gasteiger partial charge in [0.05, 0.1) is 5.69 Å². The fraction of sp³-hybridized carbons (Fsp3) is 0.208. The second-order valence-electron chi connectivity index (χ2n) is 8.17. The van der Waals surface area contributed by atoms with Gasteiger partial charge in [-0.05, 0) is 54.1 Å². The Labute approximate surface area is 201 Å². The van der Waals surface area contributed by atoms with Crippen molar-refractivity contribution in [2.75, 3.05) is 16.0 Å². The zero-order chi connectivity index (χ0) is 23.9. The summed E-state index contributed by atoms with van der Waals surface area (Å²) in [7, 11) is -4.77. The number of benzene rings is 3. The van der Waals surface area contributed by atoms with Crippen LogP contribution in [-0.2, 0) is 21.5 Å². The molecule has 0 saturated carbocycles. The van der Waals surface area contributed by atoms with Crippen LogP contribution in [0.3, 0.4) is 0 Å². The molecular weight excluding hydrogens is 477 g/mol. The minimum atomic E-state index is -4.77. The monoisotopic (exact) mass is 499 g/mol. The normalized spacial score (nSPS) is 20.8. The Morgan fingerprint density at radius 3 is 2.71 bits per heavy atom. The first-order valence-corrected chi connectivity index (χ1v) is 12.9. The molecule has 1 fully saturated rings. The van der Waals surface area contributed by atoms with Crippen LogP contribution in [0.5, 0.6) is 0 Å². The van der Waals surface area contributed by atoms with E-state index in [1.54, 1.807) is 23.9 Å². The number of carbonyl (C=O) groups is 1. The van der Waals surface area contributed by atoms with E-state index in [2.05, 4.69) is 22.9 Å². The highest BCUT2D eigenvalue weighted by Gasteiger charge is 2.46. The summed E-state index contributed by atoms with van der Waals surface area (Å²) in [5, 5.41) is 9.68. The molecule has 0 aliphatic carbocycles. The van der Waals surface area contributed by atoms with Crippen LogP contribution in [0.25, 0.3) is 0 Å². The topological polar surface area (TPSA) is 99.8 Å². The van der Waals surface area contributed by atoms with E-state index in [9.17, 15) is 17.1 Å². The highest BCUT2D eigenvalue weighted by molar-refractivity contribution is 8.00. The molecule has 176 valence electrons. The zero-order valence-electron chi connectivity index (χ0n) is 18.1. The van der Waals surface area contributed by atoms with Crippen molar-refractivity contribution in [1.82, 2.24) is 0 Å². The maximum absolute atomic E-state index is 13.2. The van der Waals surface area contributed by atoms with Gasteiger partial charge < -0.3 is 20.7 Å². The molecule has 0 bridgehead atoms. The Hall–Kier alpha value is -3.08. The maximum Gasteiger partial charge on any atom is 0.332 e. The zero-order valence-corrected chi connectivity index (χ0v) is 19.8. The standard InChI is InChI=1S/C24H22FN3O4S2/c1-14-22-24(32-22)28-20-11-16(8-9-21(20)33-14)23(29)27-18-6-2-4-15(10-18)13-26-17-5-3-7-19(12-17)34(25,30)31/h2-12,14,22,24,26,28H,13H2,1H3,(H,27,29). The number of nitrogens with one attached hydrogen (secondary N) is 3. The first-order valence-electron chi connectivity index (χ1n) is 10.7. The molecule has 3 unspecified atom stereocenters. The van der Waals surface area contributed by atoms with Crippen LogP contribution in [0, 0.1) is 0 Å². The summed E-state index contributed by atoms with van der Waals surface area (Å²) in [6.45, 7) is 2.49. The van der Waals surface area contributed by atoms with Gasteiger partial charge in [-0.3, -0.25) is 4.79 Å². The van der Waals surface area contributed by atoms with E-state index < -0.39 is 15.1 Å². The van der Waals surface area contributed by atoms with Crippen molar-refractivity contribution in [1.29, 1.82) is 0 Å². The van der Waals surface area contributed by atoms with Gasteiger partial charge in [0.2, 0.25) is 0 Å². The molecule has 34 heavy (non-hydrogen) atoms. The van der Waals surface area contributed by atoms with Crippen molar-refractivity contribution < 1.29 is 21.8 Å². The van der Waals surface area contributed by atoms with Crippen molar-refractivity contribution in [3.63, 3.8) is 0 Å². The van der Waals surface area contributed by atoms with Crippen LogP contribution in [0.4, 0.5) is 20.9 Å². The van der Waals surface area contributed by atoms with Crippen molar-refractivity contribution in [2.45, 2.75) is 40.8 Å². The molecule has 3 aromatic rings. The highest BCUT2D eigenvalue weighted by atomic mass is 32.3. The van der Waals surface area contributed by atoms with Gasteiger partial charge in [-0.15, -0.1) is 15.6 Å². The molecule has 10 heteroatoms. The molecular formula is C24H22FN3O4S2. The molecule has 1 amide bonds. The van der Waals surface area contributed by atoms with Gasteiger partial charge in [0.25, 0.3) is 5.91 Å². The molecule has 3 N–H and O–H groups in total. The first-order chi connectivity index (χ1) is 16.3. The summed E-state index contributed by atoms with van der Waals surface area (Å²) < 4.78 is 41.1. The maximum atomic E-state index is 13.2. The number of rotatable bonds is 6. The summed E-state index contributed by atoms with van der Waals surface area (Å²) in [5.41, 5.74) is 3.38. The van der Waals surface area contributed by atoms with E-state index in [0.29, 0.717) is 28.7 Å². The molecule has 5 rings (SSSR count). The van der Waals surface area contributed by atoms with E-state index >= 15 is 0 Å². The van der Waals surface area contributed by atoms with Crippen LogP contribution in [0.1, 0.15) is 22.8 Å². The molecule has 3 aromatic carbocycles. The van der Waals surface area contributed by atoms with Crippen LogP contribution < -0.4 is 16.0 Å². The van der Waals surface area contributed by atoms with Gasteiger partial charge >= 0.3 is 10.2 Å². The number of hydrogen-bond acceptors (Lipinski definition) is 7. The summed E-state index contributed by atoms with van der Waals surface area (Å²) in [6, 6.07) is 18.5. The Balaban J connectivity index is 1.25. The second-order valence-corrected chi connectivity index (χ2v) is 10.9. The van der Waals surface area contributed by atoms with Crippen LogP contribution in [0.15, 0.2) is 76.5 Å². The fourth-order valence-electron chi connectivity index (χ4n) is 3.83. The number of epoxide rings is 1. The molecule has 3 atom stereocenters. The number of halogens is 1. The Morgan fingerprint density at radius 1 is 1.09 bits per heavy atom. The van der Waals surface area contributed by atoms with Gasteiger partial charge in [0.1, 0.15) is 11.0 Å². The van der Waals surface area contributed by atoms with E-state index in [-0.39, 0.29) is 18.2 Å². The van der Waals surface area contributed by atoms with Crippen LogP contribution in [-0.4, -0.2) is 31.9 Å². The van der Waals surface area contributed by atoms with Crippen molar-refractivity contribution in [2.24, 2.45) is 0 Å². The largest absolute Gasteiger partial charge is 0.381 e. The van der Waals surface area contributed by atoms with Crippen LogP contribution in [0.2, 0.25) is 0 Å². The van der Waals surface area contributed by atoms with Crippen LogP contribution >= 0.6 is 11.8 Å². The highest BCUT2D eigenvalue weighted by Crippen LogP contribution is 2.43. The average Bonchev–Trinajstić information content (AvgIpc) is 3.59. The fourth-order valence-corrected chi connectivity index (χ4v) is 5.47. The predicted molar refractivity (Wildman–Crippen MR) is 131 cm³/mol. The third-order valence-corrected chi connectivity index (χ3v) is 7.70. The molecule has 2 heterocycles. The molecule has 0 spiro atoms. The lowest BCUT2D eigenvalue weighted by Crippen LogP contribution is -2.13. The molecule has 2 aliphatic rings. The van der Waals surface area contributed by atoms with Crippen molar-refractivity contribution in [3.8, 4) is 0 Å². The van der Waals surface area contributed by atoms with E-state index in [1.807, 2.05) is 36.4 Å². The lowest BCUT2D eigenvalue weighted by Gasteiger charge is -2.13. The molecule has 0 aromatic heterocycles. The predicted octanol–water partition coefficient (Wildman–Crippen LogP) is 4.84. The molecule has 1 saturated heterocycles. The summed E-state index contributed by atoms with van der Waals surface area (Å²) in [6.07, 6.45) is 0.187. The molecule has 7 nitrogen and oxygen atoms in total. The summed E-state index contributed by atoms with van der Waals surface area (Å²) in [4.78, 5) is 13.6. The van der Waals surface area contributed by atoms with E-state index in [0.717, 1.165) is 16.1 Å². The molecule has 2 aliphatic heterocycles. The van der Waals surface area contributed by atoms with Crippen molar-refractivity contribution >= 4 is 45.0 Å². The Kier molecular flexibility index (Phi) is 5.97. The van der Waals surface area contributed by atoms with Gasteiger partial charge in [-0.1, -0.05) is 25.1 Å². The van der Waals surface area contributed by atoms with Gasteiger partial charge in [-0.2, -0.15) is 8.42 Å². The van der Waals surface area contributed by atoms with Gasteiger partial charge in [0, 0.05) is 33.6 Å². The number of thioether (sulfide) groups is 1. The second kappa shape index (κ2) is 8.94. The average molecular weight is 500 g/mol. The van der Waals surface area contributed by atoms with E-state index in [4.69, 9.17) is 4.74 Å². The quantitative estimate of drug-likeness (QED) is 0.330. The third-order valence-electron chi connectivity index (χ3n) is 5.64. The smallest absolute Gasteiger partial charge is 0.332 e. The van der Waals surface area contributed by atoms with E-state index in [1.165, 1.54) is 18.2 Å². The number of ether oxygens (including phenoxy) is 1. The number of amides is 1. The van der Waals surface area contributed by atoms with Gasteiger partial charge in [-0.25, -0.2) is 0 Å². The minimum absolute atomic E-state index is 0.00283. The Bertz CT molecular complexity index is 1370. The Morgan fingerprint density at radius 2 is 1.88 bits per heavy atom. The number of anilines is 3. The summed E-state index contributed by atoms with van der Waals surface area (Å²) >= 11 is 1.73. The number of carbonyl (C=O) groups excluding carboxylic acids is 1. The molecule has 0 radical (unpaired) electrons. The lowest BCUT2D eigenvalue weighted by atomic mass is 10.1. The number of fused-ring (bicyclic) bond motifs is 2.